The Kier molecular flexibility index (Phi) is 4.62. The summed E-state index contributed by atoms with van der Waals surface area (Å²) in [6.07, 6.45) is 1.01. The molecule has 0 saturated carbocycles. The lowest BCUT2D eigenvalue weighted by molar-refractivity contribution is 0.176. The summed E-state index contributed by atoms with van der Waals surface area (Å²) in [7, 11) is 0. The van der Waals surface area contributed by atoms with E-state index in [0.29, 0.717) is 12.8 Å². The van der Waals surface area contributed by atoms with E-state index in [1.807, 2.05) is 29.6 Å². The van der Waals surface area contributed by atoms with Crippen molar-refractivity contribution in [2.45, 2.75) is 18.9 Å². The maximum atomic E-state index is 9.99. The second kappa shape index (κ2) is 6.01. The van der Waals surface area contributed by atoms with Crippen LogP contribution in [-0.2, 0) is 12.8 Å². The number of thiophene rings is 1. The number of rotatable bonds is 4. The van der Waals surface area contributed by atoms with Gasteiger partial charge in [0, 0.05) is 26.2 Å². The van der Waals surface area contributed by atoms with Crippen molar-refractivity contribution in [1.29, 1.82) is 0 Å². The molecule has 0 fully saturated rings. The Morgan fingerprint density at radius 1 is 1.24 bits per heavy atom. The summed E-state index contributed by atoms with van der Waals surface area (Å²) in [5.41, 5.74) is 1.11. The van der Waals surface area contributed by atoms with Crippen LogP contribution in [0.25, 0.3) is 0 Å². The van der Waals surface area contributed by atoms with Gasteiger partial charge in [0.2, 0.25) is 0 Å². The molecule has 1 aromatic heterocycles. The fourth-order valence-corrected chi connectivity index (χ4v) is 3.31. The van der Waals surface area contributed by atoms with Gasteiger partial charge in [0.1, 0.15) is 0 Å². The van der Waals surface area contributed by atoms with Crippen LogP contribution in [0, 0.1) is 0 Å². The zero-order valence-electron chi connectivity index (χ0n) is 9.07. The van der Waals surface area contributed by atoms with Crippen molar-refractivity contribution in [3.8, 4) is 0 Å². The summed E-state index contributed by atoms with van der Waals surface area (Å²) < 4.78 is 1.08. The predicted molar refractivity (Wildman–Crippen MR) is 76.9 cm³/mol. The summed E-state index contributed by atoms with van der Waals surface area (Å²) in [6.45, 7) is 0. The van der Waals surface area contributed by atoms with Crippen LogP contribution >= 0.6 is 38.9 Å². The number of aliphatic hydroxyl groups is 1. The van der Waals surface area contributed by atoms with Gasteiger partial charge in [-0.3, -0.25) is 0 Å². The third kappa shape index (κ3) is 4.11. The second-order valence-electron chi connectivity index (χ2n) is 3.92. The number of halogens is 2. The Bertz CT molecular complexity index is 480. The Hall–Kier alpha value is -0.350. The number of hydrogen-bond acceptors (Lipinski definition) is 2. The molecule has 4 heteroatoms. The molecule has 0 aliphatic rings. The smallest absolute Gasteiger partial charge is 0.0628 e. The highest BCUT2D eigenvalue weighted by atomic mass is 79.9. The van der Waals surface area contributed by atoms with E-state index in [-0.39, 0.29) is 6.10 Å². The summed E-state index contributed by atoms with van der Waals surface area (Å²) in [6, 6.07) is 9.66. The highest BCUT2D eigenvalue weighted by Crippen LogP contribution is 2.22. The van der Waals surface area contributed by atoms with Crippen LogP contribution in [0.5, 0.6) is 0 Å². The molecule has 2 aromatic rings. The molecule has 0 bridgehead atoms. The summed E-state index contributed by atoms with van der Waals surface area (Å²) in [5.74, 6) is 0. The lowest BCUT2D eigenvalue weighted by Gasteiger charge is -2.09. The first-order chi connectivity index (χ1) is 8.13. The van der Waals surface area contributed by atoms with E-state index in [4.69, 9.17) is 11.6 Å². The van der Waals surface area contributed by atoms with Crippen molar-refractivity contribution in [1.82, 2.24) is 0 Å². The van der Waals surface area contributed by atoms with E-state index in [2.05, 4.69) is 22.0 Å². The van der Waals surface area contributed by atoms with E-state index in [1.165, 1.54) is 4.88 Å². The summed E-state index contributed by atoms with van der Waals surface area (Å²) in [5, 5.41) is 12.8. The molecular weight excluding hydrogens is 320 g/mol. The molecule has 1 unspecified atom stereocenters. The van der Waals surface area contributed by atoms with Crippen LogP contribution in [0.3, 0.4) is 0 Å². The number of hydrogen-bond donors (Lipinski definition) is 1. The van der Waals surface area contributed by atoms with Gasteiger partial charge in [0.05, 0.1) is 6.10 Å². The predicted octanol–water partition coefficient (Wildman–Crippen LogP) is 4.31. The number of aliphatic hydroxyl groups excluding tert-OH is 1. The van der Waals surface area contributed by atoms with Gasteiger partial charge < -0.3 is 5.11 Å². The minimum Gasteiger partial charge on any atom is -0.392 e. The van der Waals surface area contributed by atoms with Crippen LogP contribution in [0.1, 0.15) is 10.4 Å². The average molecular weight is 332 g/mol. The van der Waals surface area contributed by atoms with E-state index >= 15 is 0 Å². The highest BCUT2D eigenvalue weighted by molar-refractivity contribution is 9.10. The standard InChI is InChI=1S/C13H12BrClOS/c14-10-6-13(17-8-10)7-12(16)5-9-1-3-11(15)4-2-9/h1-4,6,8,12,16H,5,7H2. The Labute approximate surface area is 118 Å². The zero-order valence-corrected chi connectivity index (χ0v) is 12.2. The first kappa shape index (κ1) is 13.1. The van der Waals surface area contributed by atoms with Gasteiger partial charge >= 0.3 is 0 Å². The molecule has 2 rings (SSSR count). The molecular formula is C13H12BrClOS. The van der Waals surface area contributed by atoms with Crippen LogP contribution in [0.15, 0.2) is 40.2 Å². The zero-order chi connectivity index (χ0) is 12.3. The molecule has 1 aromatic carbocycles. The molecule has 1 N–H and O–H groups in total. The van der Waals surface area contributed by atoms with Crippen LogP contribution < -0.4 is 0 Å². The van der Waals surface area contributed by atoms with Crippen molar-refractivity contribution in [3.05, 3.63) is 55.6 Å². The molecule has 0 aliphatic heterocycles. The van der Waals surface area contributed by atoms with Crippen molar-refractivity contribution < 1.29 is 5.11 Å². The minimum absolute atomic E-state index is 0.346. The Morgan fingerprint density at radius 2 is 1.94 bits per heavy atom. The summed E-state index contributed by atoms with van der Waals surface area (Å²) in [4.78, 5) is 1.19. The van der Waals surface area contributed by atoms with Gasteiger partial charge in [-0.1, -0.05) is 23.7 Å². The molecule has 90 valence electrons. The van der Waals surface area contributed by atoms with Crippen molar-refractivity contribution in [3.63, 3.8) is 0 Å². The van der Waals surface area contributed by atoms with Gasteiger partial charge in [0.25, 0.3) is 0 Å². The second-order valence-corrected chi connectivity index (χ2v) is 6.27. The molecule has 0 aliphatic carbocycles. The molecule has 0 spiro atoms. The van der Waals surface area contributed by atoms with E-state index in [0.717, 1.165) is 15.1 Å². The number of benzene rings is 1. The normalized spacial score (nSPS) is 12.6. The van der Waals surface area contributed by atoms with Crippen molar-refractivity contribution in [2.75, 3.05) is 0 Å². The molecule has 0 amide bonds. The van der Waals surface area contributed by atoms with Gasteiger partial charge in [0.15, 0.2) is 0 Å². The fraction of sp³-hybridized carbons (Fsp3) is 0.231. The van der Waals surface area contributed by atoms with Crippen LogP contribution in [-0.4, -0.2) is 11.2 Å². The third-order valence-electron chi connectivity index (χ3n) is 2.44. The molecule has 0 radical (unpaired) electrons. The highest BCUT2D eigenvalue weighted by Gasteiger charge is 2.08. The van der Waals surface area contributed by atoms with Crippen molar-refractivity contribution >= 4 is 38.9 Å². The topological polar surface area (TPSA) is 20.2 Å². The van der Waals surface area contributed by atoms with E-state index < -0.39 is 0 Å². The van der Waals surface area contributed by atoms with Crippen LogP contribution in [0.2, 0.25) is 5.02 Å². The van der Waals surface area contributed by atoms with E-state index in [1.54, 1.807) is 11.3 Å². The molecule has 0 saturated heterocycles. The Morgan fingerprint density at radius 3 is 2.53 bits per heavy atom. The van der Waals surface area contributed by atoms with Crippen molar-refractivity contribution in [2.24, 2.45) is 0 Å². The monoisotopic (exact) mass is 330 g/mol. The molecule has 1 heterocycles. The third-order valence-corrected chi connectivity index (χ3v) is 4.42. The maximum absolute atomic E-state index is 9.99. The minimum atomic E-state index is -0.346. The largest absolute Gasteiger partial charge is 0.392 e. The first-order valence-electron chi connectivity index (χ1n) is 5.29. The fourth-order valence-electron chi connectivity index (χ4n) is 1.66. The molecule has 1 nitrogen and oxygen atoms in total. The van der Waals surface area contributed by atoms with E-state index in [9.17, 15) is 5.11 Å². The van der Waals surface area contributed by atoms with Gasteiger partial charge in [-0.15, -0.1) is 11.3 Å². The quantitative estimate of drug-likeness (QED) is 0.885. The first-order valence-corrected chi connectivity index (χ1v) is 7.34. The van der Waals surface area contributed by atoms with Gasteiger partial charge in [-0.2, -0.15) is 0 Å². The summed E-state index contributed by atoms with van der Waals surface area (Å²) >= 11 is 10.9. The lowest BCUT2D eigenvalue weighted by Crippen LogP contribution is -2.13. The maximum Gasteiger partial charge on any atom is 0.0628 e. The SMILES string of the molecule is OC(Cc1ccc(Cl)cc1)Cc1cc(Br)cs1. The van der Waals surface area contributed by atoms with Crippen LogP contribution in [0.4, 0.5) is 0 Å². The van der Waals surface area contributed by atoms with Gasteiger partial charge in [-0.05, 0) is 46.1 Å². The molecule has 1 atom stereocenters. The van der Waals surface area contributed by atoms with Gasteiger partial charge in [-0.25, -0.2) is 0 Å². The Balaban J connectivity index is 1.93. The molecule has 17 heavy (non-hydrogen) atoms. The average Bonchev–Trinajstić information content (AvgIpc) is 2.67. The lowest BCUT2D eigenvalue weighted by atomic mass is 10.1.